The molecule has 3 aromatic carbocycles. The van der Waals surface area contributed by atoms with Gasteiger partial charge in [-0.2, -0.15) is 5.26 Å². The Bertz CT molecular complexity index is 1930. The highest BCUT2D eigenvalue weighted by Crippen LogP contribution is 2.28. The number of piperazine rings is 1. The zero-order valence-electron chi connectivity index (χ0n) is 24.3. The lowest BCUT2D eigenvalue weighted by Gasteiger charge is -2.34. The SMILES string of the molecule is Cn1c(C(=O)N2CCN(Cc3ccc(C#N)cc3)CC2)cc2ccc(Oc3ccc(NC(=O)c4ccc(Cl)c(Cl)c4)cn3)cc21. The normalized spacial score (nSPS) is 13.4. The van der Waals surface area contributed by atoms with Crippen LogP contribution in [-0.4, -0.2) is 57.3 Å². The second-order valence-electron chi connectivity index (χ2n) is 10.8. The maximum absolute atomic E-state index is 13.5. The number of halogens is 2. The van der Waals surface area contributed by atoms with Crippen molar-refractivity contribution in [2.75, 3.05) is 31.5 Å². The number of aryl methyl sites for hydroxylation is 1. The third-order valence-corrected chi connectivity index (χ3v) is 8.52. The van der Waals surface area contributed by atoms with E-state index in [1.54, 1.807) is 24.3 Å². The maximum Gasteiger partial charge on any atom is 0.270 e. The first-order valence-corrected chi connectivity index (χ1v) is 15.0. The number of carbonyl (C=O) groups excluding carboxylic acids is 2. The molecule has 5 aromatic rings. The smallest absolute Gasteiger partial charge is 0.270 e. The number of nitrogens with one attached hydrogen (secondary N) is 1. The minimum absolute atomic E-state index is 0.00522. The summed E-state index contributed by atoms with van der Waals surface area (Å²) in [5, 5.41) is 13.4. The van der Waals surface area contributed by atoms with E-state index in [9.17, 15) is 9.59 Å². The van der Waals surface area contributed by atoms with Crippen LogP contribution in [0.2, 0.25) is 10.0 Å². The Morgan fingerprint density at radius 1 is 0.933 bits per heavy atom. The van der Waals surface area contributed by atoms with Crippen molar-refractivity contribution in [1.29, 1.82) is 5.26 Å². The van der Waals surface area contributed by atoms with Crippen molar-refractivity contribution in [1.82, 2.24) is 19.4 Å². The summed E-state index contributed by atoms with van der Waals surface area (Å²) in [5.41, 5.74) is 4.15. The fraction of sp³-hybridized carbons (Fsp3) is 0.176. The molecular formula is C34H28Cl2N6O3. The number of anilines is 1. The van der Waals surface area contributed by atoms with Crippen LogP contribution < -0.4 is 10.1 Å². The highest BCUT2D eigenvalue weighted by molar-refractivity contribution is 6.42. The van der Waals surface area contributed by atoms with Crippen LogP contribution in [0.1, 0.15) is 32.0 Å². The van der Waals surface area contributed by atoms with Gasteiger partial charge in [0.1, 0.15) is 11.4 Å². The fourth-order valence-corrected chi connectivity index (χ4v) is 5.57. The summed E-state index contributed by atoms with van der Waals surface area (Å²) in [6, 6.07) is 25.3. The molecule has 226 valence electrons. The quantitative estimate of drug-likeness (QED) is 0.211. The standard InChI is InChI=1S/C34H28Cl2N6O3/c1-40-30-18-27(45-32-11-8-26(20-38-32)39-33(43)25-7-10-28(35)29(36)16-25)9-6-24(30)17-31(40)34(44)42-14-12-41(13-15-42)21-23-4-2-22(19-37)3-5-23/h2-11,16-18,20H,12-15,21H2,1H3,(H,39,43). The van der Waals surface area contributed by atoms with Crippen molar-refractivity contribution in [3.05, 3.63) is 117 Å². The first-order valence-electron chi connectivity index (χ1n) is 14.3. The van der Waals surface area contributed by atoms with Gasteiger partial charge in [-0.15, -0.1) is 0 Å². The Hall–Kier alpha value is -4.88. The minimum Gasteiger partial charge on any atom is -0.439 e. The van der Waals surface area contributed by atoms with Crippen molar-refractivity contribution in [3.63, 3.8) is 0 Å². The third-order valence-electron chi connectivity index (χ3n) is 7.78. The first kappa shape index (κ1) is 30.2. The Kier molecular flexibility index (Phi) is 8.71. The number of amides is 2. The molecule has 45 heavy (non-hydrogen) atoms. The van der Waals surface area contributed by atoms with E-state index in [4.69, 9.17) is 33.2 Å². The van der Waals surface area contributed by atoms with Gasteiger partial charge in [-0.1, -0.05) is 35.3 Å². The van der Waals surface area contributed by atoms with Crippen LogP contribution in [0.15, 0.2) is 85.1 Å². The van der Waals surface area contributed by atoms with Gasteiger partial charge in [-0.25, -0.2) is 4.98 Å². The predicted octanol–water partition coefficient (Wildman–Crippen LogP) is 6.75. The molecule has 2 aromatic heterocycles. The minimum atomic E-state index is -0.339. The Labute approximate surface area is 270 Å². The van der Waals surface area contributed by atoms with E-state index < -0.39 is 0 Å². The van der Waals surface area contributed by atoms with Crippen molar-refractivity contribution < 1.29 is 14.3 Å². The molecule has 3 heterocycles. The summed E-state index contributed by atoms with van der Waals surface area (Å²) < 4.78 is 7.88. The van der Waals surface area contributed by atoms with Crippen LogP contribution in [0.4, 0.5) is 5.69 Å². The molecule has 0 atom stereocenters. The summed E-state index contributed by atoms with van der Waals surface area (Å²) in [7, 11) is 1.88. The molecule has 0 saturated carbocycles. The Morgan fingerprint density at radius 2 is 1.71 bits per heavy atom. The second-order valence-corrected chi connectivity index (χ2v) is 11.6. The molecule has 2 amide bonds. The van der Waals surface area contributed by atoms with Gasteiger partial charge in [-0.3, -0.25) is 14.5 Å². The van der Waals surface area contributed by atoms with Gasteiger partial charge in [0.05, 0.1) is 39.1 Å². The van der Waals surface area contributed by atoms with E-state index in [1.807, 2.05) is 65.0 Å². The van der Waals surface area contributed by atoms with E-state index in [2.05, 4.69) is 21.3 Å². The monoisotopic (exact) mass is 638 g/mol. The van der Waals surface area contributed by atoms with Crippen LogP contribution in [0.3, 0.4) is 0 Å². The Morgan fingerprint density at radius 3 is 2.40 bits per heavy atom. The lowest BCUT2D eigenvalue weighted by atomic mass is 10.1. The van der Waals surface area contributed by atoms with Gasteiger partial charge in [0, 0.05) is 62.9 Å². The molecule has 1 N–H and O–H groups in total. The van der Waals surface area contributed by atoms with Gasteiger partial charge < -0.3 is 19.5 Å². The molecule has 0 unspecified atom stereocenters. The molecule has 1 saturated heterocycles. The van der Waals surface area contributed by atoms with E-state index in [1.165, 1.54) is 12.3 Å². The van der Waals surface area contributed by atoms with Gasteiger partial charge in [0.15, 0.2) is 0 Å². The van der Waals surface area contributed by atoms with Crippen LogP contribution in [0, 0.1) is 11.3 Å². The molecule has 0 spiro atoms. The third kappa shape index (κ3) is 6.79. The number of aromatic nitrogens is 2. The number of nitrogens with zero attached hydrogens (tertiary/aromatic N) is 5. The van der Waals surface area contributed by atoms with Crippen molar-refractivity contribution in [3.8, 4) is 17.7 Å². The fourth-order valence-electron chi connectivity index (χ4n) is 5.27. The summed E-state index contributed by atoms with van der Waals surface area (Å²) in [6.07, 6.45) is 1.51. The molecule has 6 rings (SSSR count). The topological polar surface area (TPSA) is 103 Å². The number of rotatable bonds is 7. The molecule has 0 radical (unpaired) electrons. The predicted molar refractivity (Wildman–Crippen MR) is 174 cm³/mol. The summed E-state index contributed by atoms with van der Waals surface area (Å²) >= 11 is 12.0. The molecule has 0 bridgehead atoms. The number of carbonyl (C=O) groups is 2. The van der Waals surface area contributed by atoms with Crippen molar-refractivity contribution in [2.24, 2.45) is 7.05 Å². The van der Waals surface area contributed by atoms with E-state index >= 15 is 0 Å². The van der Waals surface area contributed by atoms with Gasteiger partial charge >= 0.3 is 0 Å². The number of hydrogen-bond donors (Lipinski definition) is 1. The number of nitriles is 1. The molecule has 1 aliphatic heterocycles. The molecular weight excluding hydrogens is 611 g/mol. The second kappa shape index (κ2) is 13.0. The summed E-state index contributed by atoms with van der Waals surface area (Å²) in [4.78, 5) is 34.6. The lowest BCUT2D eigenvalue weighted by Crippen LogP contribution is -2.48. The molecule has 9 nitrogen and oxygen atoms in total. The zero-order chi connectivity index (χ0) is 31.5. The zero-order valence-corrected chi connectivity index (χ0v) is 25.8. The molecule has 0 aliphatic carbocycles. The van der Waals surface area contributed by atoms with Crippen molar-refractivity contribution >= 4 is 51.6 Å². The lowest BCUT2D eigenvalue weighted by molar-refractivity contribution is 0.0619. The first-order chi connectivity index (χ1) is 21.8. The molecule has 1 fully saturated rings. The van der Waals surface area contributed by atoms with Gasteiger partial charge in [0.25, 0.3) is 11.8 Å². The summed E-state index contributed by atoms with van der Waals surface area (Å²) in [6.45, 7) is 3.62. The number of fused-ring (bicyclic) bond motifs is 1. The van der Waals surface area contributed by atoms with Gasteiger partial charge in [-0.05, 0) is 60.2 Å². The Balaban J connectivity index is 1.07. The van der Waals surface area contributed by atoms with Gasteiger partial charge in [0.2, 0.25) is 5.88 Å². The van der Waals surface area contributed by atoms with Crippen molar-refractivity contribution in [2.45, 2.75) is 6.54 Å². The average molecular weight is 640 g/mol. The molecule has 1 aliphatic rings. The highest BCUT2D eigenvalue weighted by atomic mass is 35.5. The largest absolute Gasteiger partial charge is 0.439 e. The maximum atomic E-state index is 13.5. The van der Waals surface area contributed by atoms with E-state index in [-0.39, 0.29) is 11.8 Å². The van der Waals surface area contributed by atoms with Crippen LogP contribution in [-0.2, 0) is 13.6 Å². The number of ether oxygens (including phenoxy) is 1. The summed E-state index contributed by atoms with van der Waals surface area (Å²) in [5.74, 6) is 0.577. The van der Waals surface area contributed by atoms with E-state index in [0.717, 1.165) is 36.1 Å². The van der Waals surface area contributed by atoms with Crippen LogP contribution in [0.5, 0.6) is 11.6 Å². The number of pyridine rings is 1. The average Bonchev–Trinajstić information content (AvgIpc) is 3.39. The van der Waals surface area contributed by atoms with E-state index in [0.29, 0.717) is 57.3 Å². The van der Waals surface area contributed by atoms with Crippen LogP contribution >= 0.6 is 23.2 Å². The number of hydrogen-bond acceptors (Lipinski definition) is 6. The van der Waals surface area contributed by atoms with Crippen LogP contribution in [0.25, 0.3) is 10.9 Å². The molecule has 11 heteroatoms. The number of benzene rings is 3. The highest BCUT2D eigenvalue weighted by Gasteiger charge is 2.25.